The van der Waals surface area contributed by atoms with Crippen molar-refractivity contribution < 1.29 is 4.84 Å². The second-order valence-electron chi connectivity index (χ2n) is 3.39. The smallest absolute Gasteiger partial charge is 0.139 e. The van der Waals surface area contributed by atoms with E-state index in [1.165, 1.54) is 0 Å². The highest BCUT2D eigenvalue weighted by Crippen LogP contribution is 2.24. The van der Waals surface area contributed by atoms with Crippen LogP contribution in [0.1, 0.15) is 19.8 Å². The van der Waals surface area contributed by atoms with Gasteiger partial charge in [0.2, 0.25) is 0 Å². The van der Waals surface area contributed by atoms with Gasteiger partial charge in [-0.15, -0.1) is 0 Å². The lowest BCUT2D eigenvalue weighted by atomic mass is 9.92. The molecular weight excluding hydrogens is 150 g/mol. The molecular formula is C10H13NO. The number of oxime groups is 1. The third kappa shape index (κ3) is 1.42. The molecule has 1 aliphatic heterocycles. The van der Waals surface area contributed by atoms with Crippen LogP contribution in [-0.4, -0.2) is 11.8 Å². The average Bonchev–Trinajstić information content (AvgIpc) is 2.54. The molecule has 0 bridgehead atoms. The van der Waals surface area contributed by atoms with Crippen molar-refractivity contribution >= 4 is 5.71 Å². The fourth-order valence-corrected chi connectivity index (χ4v) is 1.63. The summed E-state index contributed by atoms with van der Waals surface area (Å²) in [5, 5.41) is 3.95. The van der Waals surface area contributed by atoms with Gasteiger partial charge in [0, 0.05) is 12.3 Å². The number of hydrogen-bond donors (Lipinski definition) is 0. The summed E-state index contributed by atoms with van der Waals surface area (Å²) in [6.07, 6.45) is 10.9. The lowest BCUT2D eigenvalue weighted by Gasteiger charge is -2.17. The number of allylic oxidation sites excluding steroid dienone is 3. The van der Waals surface area contributed by atoms with Gasteiger partial charge in [0.25, 0.3) is 0 Å². The zero-order chi connectivity index (χ0) is 8.39. The Bertz CT molecular complexity index is 253. The minimum absolute atomic E-state index is 0.284. The predicted octanol–water partition coefficient (Wildman–Crippen LogP) is 2.28. The van der Waals surface area contributed by atoms with E-state index in [4.69, 9.17) is 4.84 Å². The van der Waals surface area contributed by atoms with Crippen molar-refractivity contribution in [3.05, 3.63) is 24.3 Å². The third-order valence-electron chi connectivity index (χ3n) is 2.33. The molecule has 0 aromatic carbocycles. The number of rotatable bonds is 1. The lowest BCUT2D eigenvalue weighted by molar-refractivity contribution is 0.0557. The zero-order valence-corrected chi connectivity index (χ0v) is 7.23. The fourth-order valence-electron chi connectivity index (χ4n) is 1.63. The van der Waals surface area contributed by atoms with E-state index in [-0.39, 0.29) is 6.10 Å². The van der Waals surface area contributed by atoms with Crippen LogP contribution in [0.2, 0.25) is 0 Å². The van der Waals surface area contributed by atoms with Crippen molar-refractivity contribution in [1.82, 2.24) is 0 Å². The normalized spacial score (nSPS) is 33.2. The molecule has 1 heterocycles. The Labute approximate surface area is 72.6 Å². The monoisotopic (exact) mass is 163 g/mol. The maximum atomic E-state index is 5.31. The summed E-state index contributed by atoms with van der Waals surface area (Å²) in [4.78, 5) is 5.31. The summed E-state index contributed by atoms with van der Waals surface area (Å²) in [5.41, 5.74) is 1.11. The van der Waals surface area contributed by atoms with Crippen LogP contribution in [0.25, 0.3) is 0 Å². The molecule has 0 fully saturated rings. The number of hydrogen-bond acceptors (Lipinski definition) is 2. The molecule has 0 saturated carbocycles. The summed E-state index contributed by atoms with van der Waals surface area (Å²) in [6, 6.07) is 0. The summed E-state index contributed by atoms with van der Waals surface area (Å²) in [5.74, 6) is 0.524. The summed E-state index contributed by atoms with van der Waals surface area (Å²) >= 11 is 0. The standard InChI is InChI=1S/C10H13NO/c1-8-7-10(12-11-8)9-5-3-2-4-6-9/h2-5,9-10H,6-7H2,1H3/t9-,10?/m1/s1. The van der Waals surface area contributed by atoms with Gasteiger partial charge in [-0.05, 0) is 13.3 Å². The topological polar surface area (TPSA) is 21.6 Å². The molecule has 0 amide bonds. The van der Waals surface area contributed by atoms with E-state index in [0.29, 0.717) is 5.92 Å². The molecule has 1 unspecified atom stereocenters. The van der Waals surface area contributed by atoms with Gasteiger partial charge in [-0.2, -0.15) is 0 Å². The Balaban J connectivity index is 1.95. The Morgan fingerprint density at radius 2 is 2.42 bits per heavy atom. The molecule has 64 valence electrons. The van der Waals surface area contributed by atoms with Crippen LogP contribution in [0.15, 0.2) is 29.5 Å². The van der Waals surface area contributed by atoms with Gasteiger partial charge in [-0.1, -0.05) is 29.5 Å². The second kappa shape index (κ2) is 3.13. The van der Waals surface area contributed by atoms with Crippen molar-refractivity contribution in [3.63, 3.8) is 0 Å². The minimum atomic E-state index is 0.284. The van der Waals surface area contributed by atoms with E-state index in [1.54, 1.807) is 0 Å². The molecule has 2 aliphatic rings. The molecule has 2 heteroatoms. The first-order valence-corrected chi connectivity index (χ1v) is 4.39. The predicted molar refractivity (Wildman–Crippen MR) is 49.0 cm³/mol. The molecule has 0 spiro atoms. The van der Waals surface area contributed by atoms with Crippen molar-refractivity contribution in [1.29, 1.82) is 0 Å². The highest BCUT2D eigenvalue weighted by molar-refractivity contribution is 5.82. The van der Waals surface area contributed by atoms with Gasteiger partial charge in [-0.25, -0.2) is 0 Å². The largest absolute Gasteiger partial charge is 0.392 e. The molecule has 0 saturated heterocycles. The summed E-state index contributed by atoms with van der Waals surface area (Å²) < 4.78 is 0. The van der Waals surface area contributed by atoms with E-state index in [2.05, 4.69) is 29.5 Å². The molecule has 2 atom stereocenters. The van der Waals surface area contributed by atoms with Crippen LogP contribution in [0.4, 0.5) is 0 Å². The first kappa shape index (κ1) is 7.59. The Morgan fingerprint density at radius 1 is 1.50 bits per heavy atom. The van der Waals surface area contributed by atoms with Crippen molar-refractivity contribution in [2.75, 3.05) is 0 Å². The highest BCUT2D eigenvalue weighted by atomic mass is 16.6. The molecule has 0 aromatic heterocycles. The molecule has 0 aromatic rings. The molecule has 0 N–H and O–H groups in total. The van der Waals surface area contributed by atoms with Gasteiger partial charge >= 0.3 is 0 Å². The van der Waals surface area contributed by atoms with Gasteiger partial charge in [0.05, 0.1) is 5.71 Å². The maximum Gasteiger partial charge on any atom is 0.139 e. The Morgan fingerprint density at radius 3 is 3.00 bits per heavy atom. The Kier molecular flexibility index (Phi) is 1.98. The lowest BCUT2D eigenvalue weighted by Crippen LogP contribution is -2.19. The van der Waals surface area contributed by atoms with Gasteiger partial charge in [-0.3, -0.25) is 0 Å². The van der Waals surface area contributed by atoms with E-state index in [1.807, 2.05) is 6.92 Å². The minimum Gasteiger partial charge on any atom is -0.392 e. The fraction of sp³-hybridized carbons (Fsp3) is 0.500. The molecule has 2 nitrogen and oxygen atoms in total. The molecule has 2 rings (SSSR count). The van der Waals surface area contributed by atoms with Crippen LogP contribution < -0.4 is 0 Å². The van der Waals surface area contributed by atoms with Crippen LogP contribution in [0.5, 0.6) is 0 Å². The molecule has 1 aliphatic carbocycles. The van der Waals surface area contributed by atoms with Crippen LogP contribution in [-0.2, 0) is 4.84 Å². The van der Waals surface area contributed by atoms with Gasteiger partial charge < -0.3 is 4.84 Å². The van der Waals surface area contributed by atoms with Crippen LogP contribution >= 0.6 is 0 Å². The van der Waals surface area contributed by atoms with E-state index in [0.717, 1.165) is 18.6 Å². The first-order valence-electron chi connectivity index (χ1n) is 4.39. The second-order valence-corrected chi connectivity index (χ2v) is 3.39. The van der Waals surface area contributed by atoms with Crippen LogP contribution in [0, 0.1) is 5.92 Å². The van der Waals surface area contributed by atoms with Crippen LogP contribution in [0.3, 0.4) is 0 Å². The van der Waals surface area contributed by atoms with Crippen molar-refractivity contribution in [2.45, 2.75) is 25.9 Å². The van der Waals surface area contributed by atoms with Gasteiger partial charge in [0.1, 0.15) is 6.10 Å². The SMILES string of the molecule is CC1=NOC([C@@H]2C=CC=CC2)C1. The van der Waals surface area contributed by atoms with Crippen molar-refractivity contribution in [2.24, 2.45) is 11.1 Å². The third-order valence-corrected chi connectivity index (χ3v) is 2.33. The summed E-state index contributed by atoms with van der Waals surface area (Å²) in [6.45, 7) is 2.02. The first-order chi connectivity index (χ1) is 5.86. The summed E-state index contributed by atoms with van der Waals surface area (Å²) in [7, 11) is 0. The Hall–Kier alpha value is -1.05. The molecule has 12 heavy (non-hydrogen) atoms. The van der Waals surface area contributed by atoms with E-state index < -0.39 is 0 Å². The average molecular weight is 163 g/mol. The van der Waals surface area contributed by atoms with Gasteiger partial charge in [0.15, 0.2) is 0 Å². The van der Waals surface area contributed by atoms with E-state index >= 15 is 0 Å². The number of nitrogens with zero attached hydrogens (tertiary/aromatic N) is 1. The molecule has 0 radical (unpaired) electrons. The zero-order valence-electron chi connectivity index (χ0n) is 7.23. The highest BCUT2D eigenvalue weighted by Gasteiger charge is 2.25. The van der Waals surface area contributed by atoms with Crippen molar-refractivity contribution in [3.8, 4) is 0 Å². The quantitative estimate of drug-likeness (QED) is 0.581. The maximum absolute atomic E-state index is 5.31. The van der Waals surface area contributed by atoms with E-state index in [9.17, 15) is 0 Å².